The molecule has 1 aliphatic heterocycles. The van der Waals surface area contributed by atoms with E-state index in [9.17, 15) is 8.42 Å². The Kier molecular flexibility index (Phi) is 4.85. The van der Waals surface area contributed by atoms with Crippen molar-refractivity contribution in [2.24, 2.45) is 0 Å². The van der Waals surface area contributed by atoms with E-state index >= 15 is 0 Å². The molecule has 0 bridgehead atoms. The maximum Gasteiger partial charge on any atom is 0.208 e. The summed E-state index contributed by atoms with van der Waals surface area (Å²) in [5, 5.41) is 0.758. The first-order chi connectivity index (χ1) is 13.0. The van der Waals surface area contributed by atoms with Crippen LogP contribution in [0.1, 0.15) is 12.8 Å². The molecule has 1 aliphatic rings. The minimum Gasteiger partial charge on any atom is -0.489 e. The number of benzene rings is 2. The zero-order valence-corrected chi connectivity index (χ0v) is 16.0. The Balaban J connectivity index is 1.65. The molecule has 3 aromatic rings. The molecule has 1 aromatic heterocycles. The summed E-state index contributed by atoms with van der Waals surface area (Å²) >= 11 is 0. The summed E-state index contributed by atoms with van der Waals surface area (Å²) in [6.07, 6.45) is 3.73. The van der Waals surface area contributed by atoms with Crippen LogP contribution in [0.3, 0.4) is 0 Å². The Morgan fingerprint density at radius 3 is 2.67 bits per heavy atom. The molecule has 1 saturated heterocycles. The van der Waals surface area contributed by atoms with E-state index in [1.165, 1.54) is 6.20 Å². The number of likely N-dealkylation sites (N-methyl/N-ethyl adjacent to an activating group) is 1. The first kappa shape index (κ1) is 17.9. The lowest BCUT2D eigenvalue weighted by Crippen LogP contribution is -2.38. The van der Waals surface area contributed by atoms with E-state index in [-0.39, 0.29) is 15.9 Å². The minimum absolute atomic E-state index is 0.158. The second-order valence-corrected chi connectivity index (χ2v) is 8.94. The predicted molar refractivity (Wildman–Crippen MR) is 105 cm³/mol. The molecule has 27 heavy (non-hydrogen) atoms. The Morgan fingerprint density at radius 2 is 1.89 bits per heavy atom. The third kappa shape index (κ3) is 3.82. The van der Waals surface area contributed by atoms with Crippen LogP contribution >= 0.6 is 0 Å². The average molecular weight is 382 g/mol. The van der Waals surface area contributed by atoms with E-state index in [4.69, 9.17) is 4.74 Å². The summed E-state index contributed by atoms with van der Waals surface area (Å²) in [7, 11) is -1.49. The fourth-order valence-electron chi connectivity index (χ4n) is 3.45. The van der Waals surface area contributed by atoms with Crippen molar-refractivity contribution in [3.63, 3.8) is 0 Å². The van der Waals surface area contributed by atoms with Crippen LogP contribution in [0.15, 0.2) is 70.6 Å². The molecule has 1 fully saturated rings. The van der Waals surface area contributed by atoms with Gasteiger partial charge in [0, 0.05) is 18.1 Å². The molecule has 0 spiro atoms. The van der Waals surface area contributed by atoms with Crippen LogP contribution in [0, 0.1) is 0 Å². The van der Waals surface area contributed by atoms with Crippen molar-refractivity contribution in [3.05, 3.63) is 60.8 Å². The summed E-state index contributed by atoms with van der Waals surface area (Å²) in [5.41, 5.74) is 0.745. The summed E-state index contributed by atoms with van der Waals surface area (Å²) < 4.78 is 31.8. The van der Waals surface area contributed by atoms with Crippen molar-refractivity contribution < 1.29 is 13.2 Å². The number of piperidine rings is 1. The van der Waals surface area contributed by atoms with Gasteiger partial charge in [-0.3, -0.25) is 4.98 Å². The van der Waals surface area contributed by atoms with Crippen LogP contribution in [0.2, 0.25) is 0 Å². The second kappa shape index (κ2) is 7.29. The monoisotopic (exact) mass is 382 g/mol. The lowest BCUT2D eigenvalue weighted by Gasteiger charge is -2.30. The van der Waals surface area contributed by atoms with Gasteiger partial charge in [0.2, 0.25) is 9.84 Å². The van der Waals surface area contributed by atoms with Crippen LogP contribution in [0.4, 0.5) is 0 Å². The molecular formula is C21H22N2O3S. The van der Waals surface area contributed by atoms with Crippen LogP contribution in [0.5, 0.6) is 5.75 Å². The molecule has 6 heteroatoms. The van der Waals surface area contributed by atoms with Gasteiger partial charge in [-0.15, -0.1) is 0 Å². The molecule has 0 N–H and O–H groups in total. The molecule has 0 aliphatic carbocycles. The topological polar surface area (TPSA) is 59.5 Å². The number of nitrogens with zero attached hydrogens (tertiary/aromatic N) is 2. The highest BCUT2D eigenvalue weighted by Crippen LogP contribution is 2.27. The minimum atomic E-state index is -3.59. The van der Waals surface area contributed by atoms with Crippen molar-refractivity contribution in [2.75, 3.05) is 20.1 Å². The Hall–Kier alpha value is -2.44. The van der Waals surface area contributed by atoms with Crippen LogP contribution < -0.4 is 4.74 Å². The molecule has 2 aromatic carbocycles. The molecule has 0 saturated carbocycles. The van der Waals surface area contributed by atoms with Crippen LogP contribution in [-0.4, -0.2) is 44.5 Å². The molecule has 0 amide bonds. The first-order valence-electron chi connectivity index (χ1n) is 9.07. The first-order valence-corrected chi connectivity index (χ1v) is 10.6. The third-order valence-electron chi connectivity index (χ3n) is 4.88. The van der Waals surface area contributed by atoms with Gasteiger partial charge in [0.1, 0.15) is 11.9 Å². The number of hydrogen-bond acceptors (Lipinski definition) is 5. The zero-order valence-electron chi connectivity index (χ0n) is 15.2. The summed E-state index contributed by atoms with van der Waals surface area (Å²) in [6.45, 7) is 2.00. The molecule has 140 valence electrons. The molecule has 2 heterocycles. The fourth-order valence-corrected chi connectivity index (χ4v) is 4.71. The van der Waals surface area contributed by atoms with E-state index in [0.29, 0.717) is 0 Å². The van der Waals surface area contributed by atoms with Gasteiger partial charge in [0.25, 0.3) is 0 Å². The number of rotatable bonds is 4. The maximum atomic E-state index is 12.8. The molecule has 4 rings (SSSR count). The highest BCUT2D eigenvalue weighted by molar-refractivity contribution is 7.91. The quantitative estimate of drug-likeness (QED) is 0.691. The van der Waals surface area contributed by atoms with E-state index in [2.05, 4.69) is 16.9 Å². The Morgan fingerprint density at radius 1 is 1.07 bits per heavy atom. The second-order valence-electron chi connectivity index (χ2n) is 6.99. The number of fused-ring (bicyclic) bond motifs is 1. The summed E-state index contributed by atoms with van der Waals surface area (Å²) in [6, 6.07) is 15.7. The smallest absolute Gasteiger partial charge is 0.208 e. The third-order valence-corrected chi connectivity index (χ3v) is 6.61. The number of likely N-dealkylation sites (tertiary alicyclic amines) is 1. The molecular weight excluding hydrogens is 360 g/mol. The largest absolute Gasteiger partial charge is 0.489 e. The summed E-state index contributed by atoms with van der Waals surface area (Å²) in [5.74, 6) is 0.749. The highest BCUT2D eigenvalue weighted by Gasteiger charge is 2.20. The average Bonchev–Trinajstić information content (AvgIpc) is 2.68. The number of sulfone groups is 1. The molecule has 1 atom stereocenters. The van der Waals surface area contributed by atoms with E-state index < -0.39 is 9.84 Å². The summed E-state index contributed by atoms with van der Waals surface area (Å²) in [4.78, 5) is 7.05. The fraction of sp³-hybridized carbons (Fsp3) is 0.286. The van der Waals surface area contributed by atoms with Gasteiger partial charge in [-0.2, -0.15) is 0 Å². The van der Waals surface area contributed by atoms with Gasteiger partial charge >= 0.3 is 0 Å². The SMILES string of the molecule is CN1CCCC(Oc2ccc3ncc(S(=O)(=O)c4ccccc4)cc3c2)C1. The molecule has 0 radical (unpaired) electrons. The van der Waals surface area contributed by atoms with Gasteiger partial charge in [-0.1, -0.05) is 18.2 Å². The van der Waals surface area contributed by atoms with Crippen molar-refractivity contribution in [2.45, 2.75) is 28.7 Å². The lowest BCUT2D eigenvalue weighted by molar-refractivity contribution is 0.104. The van der Waals surface area contributed by atoms with Crippen molar-refractivity contribution >= 4 is 20.7 Å². The Bertz CT molecular complexity index is 1050. The highest BCUT2D eigenvalue weighted by atomic mass is 32.2. The van der Waals surface area contributed by atoms with Crippen LogP contribution in [0.25, 0.3) is 10.9 Å². The number of ether oxygens (including phenoxy) is 1. The van der Waals surface area contributed by atoms with E-state index in [1.54, 1.807) is 36.4 Å². The standard InChI is InChI=1S/C21H22N2O3S/c1-23-11-5-6-18(15-23)26-17-9-10-21-16(12-17)13-20(14-22-21)27(24,25)19-7-3-2-4-8-19/h2-4,7-10,12-14,18H,5-6,11,15H2,1H3. The van der Waals surface area contributed by atoms with E-state index in [0.717, 1.165) is 42.6 Å². The van der Waals surface area contributed by atoms with Crippen molar-refractivity contribution in [1.29, 1.82) is 0 Å². The number of pyridine rings is 1. The van der Waals surface area contributed by atoms with Gasteiger partial charge in [0.15, 0.2) is 0 Å². The predicted octanol–water partition coefficient (Wildman–Crippen LogP) is 3.54. The normalized spacial score (nSPS) is 18.5. The van der Waals surface area contributed by atoms with Gasteiger partial charge in [0.05, 0.1) is 15.3 Å². The maximum absolute atomic E-state index is 12.8. The molecule has 1 unspecified atom stereocenters. The number of aromatic nitrogens is 1. The van der Waals surface area contributed by atoms with Crippen molar-refractivity contribution in [3.8, 4) is 5.75 Å². The Labute approximate surface area is 159 Å². The van der Waals surface area contributed by atoms with Gasteiger partial charge in [-0.05, 0) is 62.8 Å². The lowest BCUT2D eigenvalue weighted by atomic mass is 10.1. The van der Waals surface area contributed by atoms with E-state index in [1.807, 2.05) is 18.2 Å². The van der Waals surface area contributed by atoms with Crippen LogP contribution in [-0.2, 0) is 9.84 Å². The zero-order chi connectivity index (χ0) is 18.9. The molecule has 5 nitrogen and oxygen atoms in total. The van der Waals surface area contributed by atoms with Gasteiger partial charge < -0.3 is 9.64 Å². The van der Waals surface area contributed by atoms with Gasteiger partial charge in [-0.25, -0.2) is 8.42 Å². The van der Waals surface area contributed by atoms with Crippen molar-refractivity contribution in [1.82, 2.24) is 9.88 Å². The number of hydrogen-bond donors (Lipinski definition) is 0.